The first-order valence-electron chi connectivity index (χ1n) is 7.99. The van der Waals surface area contributed by atoms with Crippen LogP contribution in [0.3, 0.4) is 0 Å². The van der Waals surface area contributed by atoms with Crippen molar-refractivity contribution in [2.75, 3.05) is 30.0 Å². The van der Waals surface area contributed by atoms with E-state index in [1.807, 2.05) is 55.6 Å². The van der Waals surface area contributed by atoms with E-state index in [2.05, 4.69) is 25.9 Å². The van der Waals surface area contributed by atoms with E-state index in [1.165, 1.54) is 0 Å². The quantitative estimate of drug-likeness (QED) is 0.551. The summed E-state index contributed by atoms with van der Waals surface area (Å²) in [6.45, 7) is 0.644. The summed E-state index contributed by atoms with van der Waals surface area (Å²) in [5, 5.41) is 8.94. The Bertz CT molecular complexity index is 878. The van der Waals surface area contributed by atoms with Gasteiger partial charge in [-0.2, -0.15) is 0 Å². The first kappa shape index (κ1) is 16.7. The number of nitrogens with zero attached hydrogens (tertiary/aromatic N) is 2. The SMILES string of the molecule is CNCCC(=O)Nc1ccc(Nc2nc3ccccc3nc2N)cc1. The smallest absolute Gasteiger partial charge is 0.225 e. The molecule has 0 unspecified atom stereocenters. The maximum Gasteiger partial charge on any atom is 0.225 e. The van der Waals surface area contributed by atoms with Gasteiger partial charge in [-0.1, -0.05) is 12.1 Å². The predicted molar refractivity (Wildman–Crippen MR) is 101 cm³/mol. The number of nitrogens with two attached hydrogens (primary N) is 1. The van der Waals surface area contributed by atoms with Gasteiger partial charge in [0, 0.05) is 24.3 Å². The number of aromatic nitrogens is 2. The number of nitrogen functional groups attached to an aromatic ring is 1. The number of benzene rings is 2. The fraction of sp³-hybridized carbons (Fsp3) is 0.167. The maximum atomic E-state index is 11.7. The first-order chi connectivity index (χ1) is 12.2. The average molecular weight is 336 g/mol. The van der Waals surface area contributed by atoms with Crippen LogP contribution in [0.4, 0.5) is 23.0 Å². The number of carbonyl (C=O) groups excluding carboxylic acids is 1. The number of rotatable bonds is 6. The van der Waals surface area contributed by atoms with Crippen molar-refractivity contribution in [3.63, 3.8) is 0 Å². The van der Waals surface area contributed by atoms with Crippen LogP contribution in [0.2, 0.25) is 0 Å². The Hall–Kier alpha value is -3.19. The molecule has 1 amide bonds. The lowest BCUT2D eigenvalue weighted by Crippen LogP contribution is -2.18. The van der Waals surface area contributed by atoms with Crippen molar-refractivity contribution in [2.45, 2.75) is 6.42 Å². The van der Waals surface area contributed by atoms with E-state index in [1.54, 1.807) is 0 Å². The third kappa shape index (κ3) is 4.21. The van der Waals surface area contributed by atoms with Crippen molar-refractivity contribution in [2.24, 2.45) is 0 Å². The monoisotopic (exact) mass is 336 g/mol. The molecule has 5 N–H and O–H groups in total. The minimum Gasteiger partial charge on any atom is -0.381 e. The highest BCUT2D eigenvalue weighted by Gasteiger charge is 2.07. The summed E-state index contributed by atoms with van der Waals surface area (Å²) in [7, 11) is 1.81. The molecule has 7 nitrogen and oxygen atoms in total. The second-order valence-electron chi connectivity index (χ2n) is 5.55. The zero-order valence-corrected chi connectivity index (χ0v) is 13.9. The zero-order valence-electron chi connectivity index (χ0n) is 13.9. The Labute approximate surface area is 145 Å². The van der Waals surface area contributed by atoms with Gasteiger partial charge in [0.05, 0.1) is 11.0 Å². The molecule has 0 aliphatic rings. The molecule has 3 aromatic rings. The van der Waals surface area contributed by atoms with E-state index in [0.29, 0.717) is 24.6 Å². The topological polar surface area (TPSA) is 105 Å². The van der Waals surface area contributed by atoms with Gasteiger partial charge in [-0.3, -0.25) is 4.79 Å². The van der Waals surface area contributed by atoms with Gasteiger partial charge in [-0.05, 0) is 43.4 Å². The molecule has 25 heavy (non-hydrogen) atoms. The lowest BCUT2D eigenvalue weighted by molar-refractivity contribution is -0.116. The molecule has 7 heteroatoms. The summed E-state index contributed by atoms with van der Waals surface area (Å²) in [5.74, 6) is 0.812. The van der Waals surface area contributed by atoms with Crippen LogP contribution in [0, 0.1) is 0 Å². The number of nitrogens with one attached hydrogen (secondary N) is 3. The highest BCUT2D eigenvalue weighted by Crippen LogP contribution is 2.23. The molecule has 0 bridgehead atoms. The number of anilines is 4. The van der Waals surface area contributed by atoms with E-state index in [4.69, 9.17) is 5.73 Å². The van der Waals surface area contributed by atoms with Crippen molar-refractivity contribution >= 4 is 40.0 Å². The number of hydrogen-bond donors (Lipinski definition) is 4. The van der Waals surface area contributed by atoms with Gasteiger partial charge in [0.2, 0.25) is 5.91 Å². The molecule has 0 aliphatic heterocycles. The Morgan fingerprint density at radius 3 is 2.32 bits per heavy atom. The van der Waals surface area contributed by atoms with Crippen LogP contribution in [0.5, 0.6) is 0 Å². The third-order valence-corrected chi connectivity index (χ3v) is 3.63. The maximum absolute atomic E-state index is 11.7. The summed E-state index contributed by atoms with van der Waals surface area (Å²) in [5.41, 5.74) is 9.05. The Balaban J connectivity index is 1.71. The van der Waals surface area contributed by atoms with E-state index >= 15 is 0 Å². The van der Waals surface area contributed by atoms with Crippen molar-refractivity contribution in [3.05, 3.63) is 48.5 Å². The second kappa shape index (κ2) is 7.59. The van der Waals surface area contributed by atoms with Gasteiger partial charge in [0.15, 0.2) is 11.6 Å². The molecule has 0 fully saturated rings. The largest absolute Gasteiger partial charge is 0.381 e. The molecule has 1 heterocycles. The van der Waals surface area contributed by atoms with E-state index < -0.39 is 0 Å². The summed E-state index contributed by atoms with van der Waals surface area (Å²) in [6, 6.07) is 14.9. The zero-order chi connectivity index (χ0) is 17.6. The van der Waals surface area contributed by atoms with Gasteiger partial charge in [-0.15, -0.1) is 0 Å². The normalized spacial score (nSPS) is 10.6. The summed E-state index contributed by atoms with van der Waals surface area (Å²) >= 11 is 0. The summed E-state index contributed by atoms with van der Waals surface area (Å²) < 4.78 is 0. The molecule has 0 saturated heterocycles. The minimum atomic E-state index is -0.0281. The molecule has 0 radical (unpaired) electrons. The lowest BCUT2D eigenvalue weighted by atomic mass is 10.2. The van der Waals surface area contributed by atoms with Crippen molar-refractivity contribution in [3.8, 4) is 0 Å². The highest BCUT2D eigenvalue weighted by molar-refractivity contribution is 5.91. The van der Waals surface area contributed by atoms with Crippen LogP contribution in [0.15, 0.2) is 48.5 Å². The predicted octanol–water partition coefficient (Wildman–Crippen LogP) is 2.50. The average Bonchev–Trinajstić information content (AvgIpc) is 2.62. The fourth-order valence-corrected chi connectivity index (χ4v) is 2.34. The van der Waals surface area contributed by atoms with Gasteiger partial charge in [-0.25, -0.2) is 9.97 Å². The Kier molecular flexibility index (Phi) is 5.06. The molecule has 2 aromatic carbocycles. The Morgan fingerprint density at radius 1 is 1.00 bits per heavy atom. The molecule has 0 aliphatic carbocycles. The standard InChI is InChI=1S/C18H20N6O/c1-20-11-10-16(25)21-12-6-8-13(9-7-12)22-18-17(19)23-14-4-2-3-5-15(14)24-18/h2-9,20H,10-11H2,1H3,(H2,19,23)(H,21,25)(H,22,24). The van der Waals surface area contributed by atoms with E-state index in [0.717, 1.165) is 22.4 Å². The molecule has 0 saturated carbocycles. The molecular weight excluding hydrogens is 316 g/mol. The van der Waals surface area contributed by atoms with Crippen molar-refractivity contribution in [1.82, 2.24) is 15.3 Å². The minimum absolute atomic E-state index is 0.0281. The van der Waals surface area contributed by atoms with Crippen LogP contribution >= 0.6 is 0 Å². The van der Waals surface area contributed by atoms with Gasteiger partial charge >= 0.3 is 0 Å². The first-order valence-corrected chi connectivity index (χ1v) is 7.99. The van der Waals surface area contributed by atoms with Gasteiger partial charge in [0.1, 0.15) is 0 Å². The third-order valence-electron chi connectivity index (χ3n) is 3.63. The summed E-state index contributed by atoms with van der Waals surface area (Å²) in [4.78, 5) is 20.6. The van der Waals surface area contributed by atoms with E-state index in [9.17, 15) is 4.79 Å². The lowest BCUT2D eigenvalue weighted by Gasteiger charge is -2.10. The Morgan fingerprint density at radius 2 is 1.64 bits per heavy atom. The fourth-order valence-electron chi connectivity index (χ4n) is 2.34. The molecule has 3 rings (SSSR count). The second-order valence-corrected chi connectivity index (χ2v) is 5.55. The molecule has 1 aromatic heterocycles. The molecule has 0 atom stereocenters. The summed E-state index contributed by atoms with van der Waals surface area (Å²) in [6.07, 6.45) is 0.430. The van der Waals surface area contributed by atoms with Crippen molar-refractivity contribution < 1.29 is 4.79 Å². The number of hydrogen-bond acceptors (Lipinski definition) is 6. The number of fused-ring (bicyclic) bond motifs is 1. The van der Waals surface area contributed by atoms with Crippen LogP contribution in [0.25, 0.3) is 11.0 Å². The molecular formula is C18H20N6O. The number of para-hydroxylation sites is 2. The van der Waals surface area contributed by atoms with Gasteiger partial charge in [0.25, 0.3) is 0 Å². The van der Waals surface area contributed by atoms with Crippen LogP contribution < -0.4 is 21.7 Å². The number of carbonyl (C=O) groups is 1. The van der Waals surface area contributed by atoms with Crippen LogP contribution in [0.1, 0.15) is 6.42 Å². The van der Waals surface area contributed by atoms with Crippen molar-refractivity contribution in [1.29, 1.82) is 0 Å². The van der Waals surface area contributed by atoms with E-state index in [-0.39, 0.29) is 5.91 Å². The van der Waals surface area contributed by atoms with Crippen LogP contribution in [-0.4, -0.2) is 29.5 Å². The van der Waals surface area contributed by atoms with Gasteiger partial charge < -0.3 is 21.7 Å². The highest BCUT2D eigenvalue weighted by atomic mass is 16.1. The molecule has 128 valence electrons. The molecule has 0 spiro atoms. The number of amides is 1. The van der Waals surface area contributed by atoms with Crippen LogP contribution in [-0.2, 0) is 4.79 Å².